The van der Waals surface area contributed by atoms with Crippen molar-refractivity contribution < 1.29 is 9.15 Å². The van der Waals surface area contributed by atoms with E-state index in [0.717, 1.165) is 43.4 Å². The van der Waals surface area contributed by atoms with Crippen molar-refractivity contribution in [2.45, 2.75) is 46.8 Å². The van der Waals surface area contributed by atoms with Crippen LogP contribution in [0.3, 0.4) is 0 Å². The molecule has 0 saturated carbocycles. The van der Waals surface area contributed by atoms with Crippen LogP contribution < -0.4 is 5.32 Å². The summed E-state index contributed by atoms with van der Waals surface area (Å²) in [6.07, 6.45) is 2.34. The topological polar surface area (TPSA) is 34.4 Å². The molecule has 0 aliphatic heterocycles. The molecule has 0 atom stereocenters. The average Bonchev–Trinajstić information content (AvgIpc) is 2.82. The summed E-state index contributed by atoms with van der Waals surface area (Å²) in [6, 6.07) is 8.20. The number of rotatable bonds is 9. The Morgan fingerprint density at radius 3 is 2.81 bits per heavy atom. The molecule has 0 spiro atoms. The maximum absolute atomic E-state index is 5.95. The molecule has 0 aliphatic rings. The highest BCUT2D eigenvalue weighted by Crippen LogP contribution is 2.26. The minimum atomic E-state index is 0.635. The Bertz CT molecular complexity index is 545. The monoisotopic (exact) mass is 289 g/mol. The molecular weight excluding hydrogens is 262 g/mol. The van der Waals surface area contributed by atoms with Gasteiger partial charge >= 0.3 is 0 Å². The normalized spacial score (nSPS) is 11.6. The largest absolute Gasteiger partial charge is 0.459 e. The lowest BCUT2D eigenvalue weighted by atomic mass is 10.1. The summed E-state index contributed by atoms with van der Waals surface area (Å²) < 4.78 is 11.8. The highest BCUT2D eigenvalue weighted by molar-refractivity contribution is 5.82. The molecule has 3 nitrogen and oxygen atoms in total. The van der Waals surface area contributed by atoms with Crippen molar-refractivity contribution in [1.29, 1.82) is 0 Å². The van der Waals surface area contributed by atoms with E-state index in [2.05, 4.69) is 38.2 Å². The van der Waals surface area contributed by atoms with Crippen LogP contribution in [0, 0.1) is 5.92 Å². The first-order valence-corrected chi connectivity index (χ1v) is 8.00. The zero-order valence-electron chi connectivity index (χ0n) is 13.4. The molecule has 0 amide bonds. The van der Waals surface area contributed by atoms with Crippen molar-refractivity contribution in [1.82, 2.24) is 5.32 Å². The summed E-state index contributed by atoms with van der Waals surface area (Å²) in [7, 11) is 0. The molecule has 21 heavy (non-hydrogen) atoms. The molecule has 0 saturated heterocycles. The fourth-order valence-electron chi connectivity index (χ4n) is 2.46. The first-order valence-electron chi connectivity index (χ1n) is 8.00. The van der Waals surface area contributed by atoms with E-state index in [1.807, 2.05) is 12.1 Å². The summed E-state index contributed by atoms with van der Waals surface area (Å²) >= 11 is 0. The van der Waals surface area contributed by atoms with Crippen LogP contribution in [0.5, 0.6) is 0 Å². The van der Waals surface area contributed by atoms with Gasteiger partial charge in [-0.15, -0.1) is 0 Å². The molecule has 1 N–H and O–H groups in total. The van der Waals surface area contributed by atoms with Crippen LogP contribution in [0.15, 0.2) is 28.7 Å². The van der Waals surface area contributed by atoms with Gasteiger partial charge in [0.1, 0.15) is 11.3 Å². The average molecular weight is 289 g/mol. The predicted molar refractivity (Wildman–Crippen MR) is 87.3 cm³/mol. The third-order valence-electron chi connectivity index (χ3n) is 3.63. The maximum Gasteiger partial charge on any atom is 0.134 e. The fraction of sp³-hybridized carbons (Fsp3) is 0.556. The van der Waals surface area contributed by atoms with Gasteiger partial charge in [0.2, 0.25) is 0 Å². The van der Waals surface area contributed by atoms with Crippen molar-refractivity contribution in [2.24, 2.45) is 5.92 Å². The van der Waals surface area contributed by atoms with E-state index < -0.39 is 0 Å². The molecule has 0 bridgehead atoms. The van der Waals surface area contributed by atoms with E-state index in [-0.39, 0.29) is 0 Å². The minimum absolute atomic E-state index is 0.635. The summed E-state index contributed by atoms with van der Waals surface area (Å²) in [5.41, 5.74) is 2.14. The summed E-state index contributed by atoms with van der Waals surface area (Å²) in [6.45, 7) is 9.75. The second-order valence-electron chi connectivity index (χ2n) is 5.87. The zero-order valence-corrected chi connectivity index (χ0v) is 13.4. The van der Waals surface area contributed by atoms with Crippen LogP contribution in [0.25, 0.3) is 11.0 Å². The molecule has 1 aromatic carbocycles. The standard InChI is InChI=1S/C18H27NO2/c1-4-19-12-18-16(13-20-11-7-8-14(2)3)15-9-5-6-10-17(15)21-18/h5-6,9-10,14,19H,4,7-8,11-13H2,1-3H3. The van der Waals surface area contributed by atoms with Gasteiger partial charge in [0, 0.05) is 17.6 Å². The third-order valence-corrected chi connectivity index (χ3v) is 3.63. The van der Waals surface area contributed by atoms with E-state index in [0.29, 0.717) is 6.61 Å². The maximum atomic E-state index is 5.95. The predicted octanol–water partition coefficient (Wildman–Crippen LogP) is 4.50. The Hall–Kier alpha value is -1.32. The quantitative estimate of drug-likeness (QED) is 0.690. The number of benzene rings is 1. The van der Waals surface area contributed by atoms with E-state index >= 15 is 0 Å². The van der Waals surface area contributed by atoms with Gasteiger partial charge in [0.25, 0.3) is 0 Å². The van der Waals surface area contributed by atoms with Crippen molar-refractivity contribution in [2.75, 3.05) is 13.2 Å². The fourth-order valence-corrected chi connectivity index (χ4v) is 2.46. The van der Waals surface area contributed by atoms with Gasteiger partial charge in [-0.25, -0.2) is 0 Å². The second kappa shape index (κ2) is 8.20. The molecular formula is C18H27NO2. The van der Waals surface area contributed by atoms with Crippen molar-refractivity contribution >= 4 is 11.0 Å². The number of furan rings is 1. The first kappa shape index (κ1) is 16.1. The van der Waals surface area contributed by atoms with E-state index in [1.165, 1.54) is 17.4 Å². The van der Waals surface area contributed by atoms with Gasteiger partial charge in [-0.05, 0) is 31.4 Å². The van der Waals surface area contributed by atoms with E-state index in [4.69, 9.17) is 9.15 Å². The van der Waals surface area contributed by atoms with Gasteiger partial charge in [0.15, 0.2) is 0 Å². The van der Waals surface area contributed by atoms with Crippen LogP contribution >= 0.6 is 0 Å². The summed E-state index contributed by atoms with van der Waals surface area (Å²) in [5, 5.41) is 4.51. The van der Waals surface area contributed by atoms with E-state index in [9.17, 15) is 0 Å². The van der Waals surface area contributed by atoms with Gasteiger partial charge in [-0.3, -0.25) is 0 Å². The Morgan fingerprint density at radius 2 is 2.05 bits per heavy atom. The molecule has 116 valence electrons. The van der Waals surface area contributed by atoms with Gasteiger partial charge in [-0.2, -0.15) is 0 Å². The SMILES string of the molecule is CCNCc1oc2ccccc2c1COCCCC(C)C. The van der Waals surface area contributed by atoms with Gasteiger partial charge in [-0.1, -0.05) is 39.0 Å². The Kier molecular flexibility index (Phi) is 6.27. The number of ether oxygens (including phenoxy) is 1. The molecule has 2 rings (SSSR count). The highest BCUT2D eigenvalue weighted by atomic mass is 16.5. The lowest BCUT2D eigenvalue weighted by Gasteiger charge is -2.07. The van der Waals surface area contributed by atoms with Crippen molar-refractivity contribution in [3.8, 4) is 0 Å². The first-order chi connectivity index (χ1) is 10.2. The third kappa shape index (κ3) is 4.58. The molecule has 0 aliphatic carbocycles. The summed E-state index contributed by atoms with van der Waals surface area (Å²) in [4.78, 5) is 0. The molecule has 0 fully saturated rings. The van der Waals surface area contributed by atoms with Gasteiger partial charge in [0.05, 0.1) is 13.2 Å². The number of hydrogen-bond donors (Lipinski definition) is 1. The molecule has 0 unspecified atom stereocenters. The van der Waals surface area contributed by atoms with E-state index in [1.54, 1.807) is 0 Å². The smallest absolute Gasteiger partial charge is 0.134 e. The number of fused-ring (bicyclic) bond motifs is 1. The van der Waals surface area contributed by atoms with Gasteiger partial charge < -0.3 is 14.5 Å². The summed E-state index contributed by atoms with van der Waals surface area (Å²) in [5.74, 6) is 1.74. The molecule has 0 radical (unpaired) electrons. The molecule has 1 aromatic heterocycles. The lowest BCUT2D eigenvalue weighted by Crippen LogP contribution is -2.12. The molecule has 2 aromatic rings. The zero-order chi connectivity index (χ0) is 15.1. The minimum Gasteiger partial charge on any atom is -0.459 e. The van der Waals surface area contributed by atoms with Crippen LogP contribution in [0.2, 0.25) is 0 Å². The van der Waals surface area contributed by atoms with Crippen LogP contribution in [-0.4, -0.2) is 13.2 Å². The Morgan fingerprint density at radius 1 is 1.24 bits per heavy atom. The Balaban J connectivity index is 2.01. The van der Waals surface area contributed by atoms with Crippen LogP contribution in [0.4, 0.5) is 0 Å². The number of nitrogens with one attached hydrogen (secondary N) is 1. The van der Waals surface area contributed by atoms with Crippen LogP contribution in [0.1, 0.15) is 44.9 Å². The number of para-hydroxylation sites is 1. The lowest BCUT2D eigenvalue weighted by molar-refractivity contribution is 0.114. The molecule has 3 heteroatoms. The second-order valence-corrected chi connectivity index (χ2v) is 5.87. The van der Waals surface area contributed by atoms with Crippen LogP contribution in [-0.2, 0) is 17.9 Å². The highest BCUT2D eigenvalue weighted by Gasteiger charge is 2.13. The Labute approximate surface area is 127 Å². The number of hydrogen-bond acceptors (Lipinski definition) is 3. The van der Waals surface area contributed by atoms with Crippen molar-refractivity contribution in [3.05, 3.63) is 35.6 Å². The molecule has 1 heterocycles. The van der Waals surface area contributed by atoms with Crippen molar-refractivity contribution in [3.63, 3.8) is 0 Å².